The van der Waals surface area contributed by atoms with Crippen molar-refractivity contribution in [3.05, 3.63) is 53.2 Å². The molecule has 3 nitrogen and oxygen atoms in total. The number of hydrogen-bond acceptors (Lipinski definition) is 3. The Kier molecular flexibility index (Phi) is 4.30. The van der Waals surface area contributed by atoms with Crippen LogP contribution in [0.3, 0.4) is 0 Å². The maximum absolute atomic E-state index is 5.84. The number of aromatic nitrogens is 1. The maximum Gasteiger partial charge on any atom is 0.130 e. The summed E-state index contributed by atoms with van der Waals surface area (Å²) in [7, 11) is 0. The molecule has 19 heavy (non-hydrogen) atoms. The van der Waals surface area contributed by atoms with Crippen LogP contribution in [0, 0.1) is 0 Å². The summed E-state index contributed by atoms with van der Waals surface area (Å²) in [5, 5.41) is 3.96. The van der Waals surface area contributed by atoms with E-state index in [1.165, 1.54) is 5.56 Å². The van der Waals surface area contributed by atoms with Gasteiger partial charge in [0.25, 0.3) is 0 Å². The molecule has 1 aromatic carbocycles. The zero-order valence-corrected chi connectivity index (χ0v) is 11.8. The standard InChI is InChI=1S/C14H14ClN3.ClH/c15-10-2-4-11(5-3-10)18-14-6-1-9(8-17-14)12-7-13(12)16;/h1-6,8,12-13H,7,16H2,(H,17,18);1H/t12-,13+;/m1./s1. The maximum atomic E-state index is 5.84. The highest BCUT2D eigenvalue weighted by Crippen LogP contribution is 2.38. The van der Waals surface area contributed by atoms with Crippen LogP contribution in [0.1, 0.15) is 17.9 Å². The molecule has 0 saturated heterocycles. The Morgan fingerprint density at radius 2 is 1.84 bits per heavy atom. The van der Waals surface area contributed by atoms with Crippen LogP contribution in [0.4, 0.5) is 11.5 Å². The van der Waals surface area contributed by atoms with Gasteiger partial charge in [-0.3, -0.25) is 0 Å². The topological polar surface area (TPSA) is 50.9 Å². The van der Waals surface area contributed by atoms with Gasteiger partial charge in [-0.15, -0.1) is 12.4 Å². The van der Waals surface area contributed by atoms with Gasteiger partial charge in [0.15, 0.2) is 0 Å². The van der Waals surface area contributed by atoms with E-state index < -0.39 is 0 Å². The largest absolute Gasteiger partial charge is 0.340 e. The second-order valence-corrected chi connectivity index (χ2v) is 5.05. The fourth-order valence-corrected chi connectivity index (χ4v) is 2.10. The molecule has 1 aliphatic rings. The molecule has 100 valence electrons. The van der Waals surface area contributed by atoms with E-state index in [9.17, 15) is 0 Å². The van der Waals surface area contributed by atoms with Crippen molar-refractivity contribution >= 4 is 35.5 Å². The highest BCUT2D eigenvalue weighted by atomic mass is 35.5. The van der Waals surface area contributed by atoms with Gasteiger partial charge in [-0.05, 0) is 42.3 Å². The number of hydrogen-bond donors (Lipinski definition) is 2. The molecule has 0 unspecified atom stereocenters. The predicted octanol–water partition coefficient (Wildman–Crippen LogP) is 3.72. The lowest BCUT2D eigenvalue weighted by molar-refractivity contribution is 0.981. The molecule has 1 aliphatic carbocycles. The number of halogens is 2. The van der Waals surface area contributed by atoms with E-state index in [0.717, 1.165) is 22.9 Å². The zero-order valence-electron chi connectivity index (χ0n) is 10.2. The lowest BCUT2D eigenvalue weighted by Crippen LogP contribution is -2.01. The molecule has 2 aromatic rings. The molecule has 1 heterocycles. The van der Waals surface area contributed by atoms with Crippen molar-refractivity contribution in [2.75, 3.05) is 5.32 Å². The molecule has 0 bridgehead atoms. The lowest BCUT2D eigenvalue weighted by Gasteiger charge is -2.06. The van der Waals surface area contributed by atoms with Gasteiger partial charge in [-0.2, -0.15) is 0 Å². The fraction of sp³-hybridized carbons (Fsp3) is 0.214. The van der Waals surface area contributed by atoms with Crippen LogP contribution in [0.5, 0.6) is 0 Å². The van der Waals surface area contributed by atoms with Crippen LogP contribution in [-0.2, 0) is 0 Å². The number of benzene rings is 1. The minimum Gasteiger partial charge on any atom is -0.340 e. The summed E-state index contributed by atoms with van der Waals surface area (Å²) in [6, 6.07) is 11.9. The van der Waals surface area contributed by atoms with E-state index >= 15 is 0 Å². The smallest absolute Gasteiger partial charge is 0.130 e. The van der Waals surface area contributed by atoms with Crippen LogP contribution in [0.15, 0.2) is 42.6 Å². The Bertz CT molecular complexity index is 540. The molecule has 3 N–H and O–H groups in total. The van der Waals surface area contributed by atoms with Gasteiger partial charge in [0, 0.05) is 28.9 Å². The first-order valence-corrected chi connectivity index (χ1v) is 6.34. The van der Waals surface area contributed by atoms with E-state index in [4.69, 9.17) is 17.3 Å². The van der Waals surface area contributed by atoms with Gasteiger partial charge >= 0.3 is 0 Å². The van der Waals surface area contributed by atoms with Gasteiger partial charge in [-0.1, -0.05) is 17.7 Å². The highest BCUT2D eigenvalue weighted by Gasteiger charge is 2.34. The van der Waals surface area contributed by atoms with Crippen LogP contribution in [0.25, 0.3) is 0 Å². The van der Waals surface area contributed by atoms with E-state index in [0.29, 0.717) is 12.0 Å². The van der Waals surface area contributed by atoms with E-state index in [-0.39, 0.29) is 12.4 Å². The third-order valence-electron chi connectivity index (χ3n) is 3.17. The van der Waals surface area contributed by atoms with E-state index in [2.05, 4.69) is 16.4 Å². The highest BCUT2D eigenvalue weighted by molar-refractivity contribution is 6.30. The Labute approximate surface area is 123 Å². The molecule has 3 rings (SSSR count). The van der Waals surface area contributed by atoms with Gasteiger partial charge < -0.3 is 11.1 Å². The second-order valence-electron chi connectivity index (χ2n) is 4.61. The second kappa shape index (κ2) is 5.78. The third-order valence-corrected chi connectivity index (χ3v) is 3.42. The van der Waals surface area contributed by atoms with Gasteiger partial charge in [0.05, 0.1) is 0 Å². The minimum absolute atomic E-state index is 0. The Morgan fingerprint density at radius 1 is 1.16 bits per heavy atom. The molecule has 5 heteroatoms. The SMILES string of the molecule is Cl.N[C@H]1C[C@@H]1c1ccc(Nc2ccc(Cl)cc2)nc1. The number of nitrogens with zero attached hydrogens (tertiary/aromatic N) is 1. The molecule has 2 atom stereocenters. The summed E-state index contributed by atoms with van der Waals surface area (Å²) in [6.07, 6.45) is 2.97. The summed E-state index contributed by atoms with van der Waals surface area (Å²) in [6.45, 7) is 0. The first kappa shape index (κ1) is 14.1. The van der Waals surface area contributed by atoms with Crippen molar-refractivity contribution < 1.29 is 0 Å². The average Bonchev–Trinajstić information content (AvgIpc) is 3.10. The summed E-state index contributed by atoms with van der Waals surface area (Å²) in [5.74, 6) is 1.33. The normalized spacial score (nSPS) is 20.5. The third kappa shape index (κ3) is 3.38. The van der Waals surface area contributed by atoms with Crippen LogP contribution < -0.4 is 11.1 Å². The molecule has 0 radical (unpaired) electrons. The molecule has 1 fully saturated rings. The summed E-state index contributed by atoms with van der Waals surface area (Å²) in [4.78, 5) is 4.39. The van der Waals surface area contributed by atoms with Crippen molar-refractivity contribution in [1.29, 1.82) is 0 Å². The van der Waals surface area contributed by atoms with Gasteiger partial charge in [0.1, 0.15) is 5.82 Å². The van der Waals surface area contributed by atoms with E-state index in [1.807, 2.05) is 36.5 Å². The number of rotatable bonds is 3. The lowest BCUT2D eigenvalue weighted by atomic mass is 10.2. The van der Waals surface area contributed by atoms with Crippen molar-refractivity contribution in [3.63, 3.8) is 0 Å². The number of nitrogens with two attached hydrogens (primary N) is 1. The quantitative estimate of drug-likeness (QED) is 0.907. The van der Waals surface area contributed by atoms with Crippen molar-refractivity contribution in [3.8, 4) is 0 Å². The molecule has 1 saturated carbocycles. The average molecular weight is 296 g/mol. The summed E-state index contributed by atoms with van der Waals surface area (Å²) >= 11 is 5.84. The molecule has 0 aliphatic heterocycles. The summed E-state index contributed by atoms with van der Waals surface area (Å²) < 4.78 is 0. The first-order chi connectivity index (χ1) is 8.72. The first-order valence-electron chi connectivity index (χ1n) is 5.96. The van der Waals surface area contributed by atoms with E-state index in [1.54, 1.807) is 0 Å². The fourth-order valence-electron chi connectivity index (χ4n) is 1.98. The van der Waals surface area contributed by atoms with Gasteiger partial charge in [-0.25, -0.2) is 4.98 Å². The molecule has 1 aromatic heterocycles. The molecular weight excluding hydrogens is 281 g/mol. The number of nitrogens with one attached hydrogen (secondary N) is 1. The molecule has 0 amide bonds. The van der Waals surface area contributed by atoms with Crippen molar-refractivity contribution in [2.24, 2.45) is 5.73 Å². The number of pyridine rings is 1. The monoisotopic (exact) mass is 295 g/mol. The van der Waals surface area contributed by atoms with Crippen LogP contribution in [-0.4, -0.2) is 11.0 Å². The minimum atomic E-state index is 0. The zero-order chi connectivity index (χ0) is 12.5. The Balaban J connectivity index is 0.00000133. The summed E-state index contributed by atoms with van der Waals surface area (Å²) in [5.41, 5.74) is 8.02. The Morgan fingerprint density at radius 3 is 2.37 bits per heavy atom. The Hall–Kier alpha value is -1.29. The van der Waals surface area contributed by atoms with Crippen molar-refractivity contribution in [1.82, 2.24) is 4.98 Å². The molecular formula is C14H15Cl2N3. The predicted molar refractivity (Wildman–Crippen MR) is 81.6 cm³/mol. The van der Waals surface area contributed by atoms with Crippen LogP contribution in [0.2, 0.25) is 5.02 Å². The number of anilines is 2. The van der Waals surface area contributed by atoms with Crippen LogP contribution >= 0.6 is 24.0 Å². The van der Waals surface area contributed by atoms with Crippen molar-refractivity contribution in [2.45, 2.75) is 18.4 Å². The molecule has 0 spiro atoms. The van der Waals surface area contributed by atoms with Gasteiger partial charge in [0.2, 0.25) is 0 Å².